The molecule has 1 aromatic rings. The van der Waals surface area contributed by atoms with Crippen LogP contribution < -0.4 is 5.32 Å². The Bertz CT molecular complexity index is 646. The predicted octanol–water partition coefficient (Wildman–Crippen LogP) is 2.89. The van der Waals surface area contributed by atoms with E-state index in [2.05, 4.69) is 12.2 Å². The summed E-state index contributed by atoms with van der Waals surface area (Å²) in [5, 5.41) is 2.95. The molecule has 1 spiro atoms. The van der Waals surface area contributed by atoms with Crippen molar-refractivity contribution in [3.63, 3.8) is 0 Å². The highest BCUT2D eigenvalue weighted by Gasteiger charge is 2.53. The number of hydrogen-bond acceptors (Lipinski definition) is 3. The zero-order chi connectivity index (χ0) is 18.7. The van der Waals surface area contributed by atoms with Gasteiger partial charge in [0.2, 0.25) is 11.8 Å². The molecule has 1 aliphatic heterocycles. The molecular formula is C21H30N2O3. The zero-order valence-corrected chi connectivity index (χ0v) is 16.0. The fourth-order valence-corrected chi connectivity index (χ4v) is 4.32. The van der Waals surface area contributed by atoms with Gasteiger partial charge in [0.15, 0.2) is 0 Å². The van der Waals surface area contributed by atoms with Gasteiger partial charge in [0.1, 0.15) is 11.8 Å². The number of carbonyl (C=O) groups excluding carboxylic acids is 2. The second-order valence-corrected chi connectivity index (χ2v) is 8.06. The topological polar surface area (TPSA) is 58.6 Å². The van der Waals surface area contributed by atoms with Gasteiger partial charge in [-0.05, 0) is 44.6 Å². The summed E-state index contributed by atoms with van der Waals surface area (Å²) in [5.41, 5.74) is 0.342. The molecule has 2 aliphatic rings. The quantitative estimate of drug-likeness (QED) is 0.900. The summed E-state index contributed by atoms with van der Waals surface area (Å²) in [4.78, 5) is 27.8. The van der Waals surface area contributed by atoms with Crippen molar-refractivity contribution in [3.05, 3.63) is 35.9 Å². The van der Waals surface area contributed by atoms with Crippen molar-refractivity contribution < 1.29 is 14.3 Å². The lowest BCUT2D eigenvalue weighted by atomic mass is 9.83. The number of rotatable bonds is 4. The summed E-state index contributed by atoms with van der Waals surface area (Å²) in [6.45, 7) is 6.35. The van der Waals surface area contributed by atoms with Crippen LogP contribution in [-0.2, 0) is 20.7 Å². The molecule has 1 saturated carbocycles. The Morgan fingerprint density at radius 2 is 2.04 bits per heavy atom. The minimum Gasteiger partial charge on any atom is -0.353 e. The molecular weight excluding hydrogens is 328 g/mol. The number of amides is 2. The molecule has 1 saturated heterocycles. The van der Waals surface area contributed by atoms with Gasteiger partial charge >= 0.3 is 0 Å². The molecule has 0 aromatic heterocycles. The molecule has 2 amide bonds. The van der Waals surface area contributed by atoms with E-state index in [1.807, 2.05) is 44.2 Å². The fourth-order valence-electron chi connectivity index (χ4n) is 4.32. The maximum absolute atomic E-state index is 13.3. The van der Waals surface area contributed by atoms with Gasteiger partial charge in [-0.2, -0.15) is 0 Å². The molecule has 2 fully saturated rings. The van der Waals surface area contributed by atoms with Crippen LogP contribution in [0.25, 0.3) is 0 Å². The zero-order valence-electron chi connectivity index (χ0n) is 16.0. The second kappa shape index (κ2) is 7.78. The van der Waals surface area contributed by atoms with Crippen molar-refractivity contribution in [1.29, 1.82) is 0 Å². The van der Waals surface area contributed by atoms with E-state index in [1.165, 1.54) is 0 Å². The van der Waals surface area contributed by atoms with Crippen LogP contribution in [0.15, 0.2) is 30.3 Å². The van der Waals surface area contributed by atoms with Crippen LogP contribution in [0.1, 0.15) is 52.0 Å². The average molecular weight is 358 g/mol. The first-order valence-corrected chi connectivity index (χ1v) is 9.72. The SMILES string of the molecule is CC(C)NC(=O)[C@@H]1CO[C@]2(CCC[C@H](C)C2)N1C(=O)Cc1ccccc1. The van der Waals surface area contributed by atoms with Crippen LogP contribution in [0.2, 0.25) is 0 Å². The third kappa shape index (κ3) is 3.93. The highest BCUT2D eigenvalue weighted by atomic mass is 16.5. The van der Waals surface area contributed by atoms with Gasteiger partial charge in [-0.1, -0.05) is 43.7 Å². The van der Waals surface area contributed by atoms with Crippen LogP contribution in [0.3, 0.4) is 0 Å². The lowest BCUT2D eigenvalue weighted by molar-refractivity contribution is -0.162. The number of ether oxygens (including phenoxy) is 1. The molecule has 142 valence electrons. The first kappa shape index (κ1) is 18.9. The summed E-state index contributed by atoms with van der Waals surface area (Å²) < 4.78 is 6.18. The monoisotopic (exact) mass is 358 g/mol. The van der Waals surface area contributed by atoms with E-state index in [9.17, 15) is 9.59 Å². The molecule has 3 atom stereocenters. The van der Waals surface area contributed by atoms with Crippen LogP contribution in [-0.4, -0.2) is 41.1 Å². The maximum atomic E-state index is 13.3. The van der Waals surface area contributed by atoms with Gasteiger partial charge in [0, 0.05) is 6.04 Å². The van der Waals surface area contributed by atoms with Crippen molar-refractivity contribution in [2.45, 2.75) is 70.7 Å². The van der Waals surface area contributed by atoms with Crippen LogP contribution >= 0.6 is 0 Å². The maximum Gasteiger partial charge on any atom is 0.245 e. The first-order valence-electron chi connectivity index (χ1n) is 9.72. The normalized spacial score (nSPS) is 28.5. The van der Waals surface area contributed by atoms with E-state index in [0.29, 0.717) is 12.3 Å². The van der Waals surface area contributed by atoms with Crippen LogP contribution in [0, 0.1) is 5.92 Å². The highest BCUT2D eigenvalue weighted by Crippen LogP contribution is 2.43. The molecule has 0 radical (unpaired) electrons. The fraction of sp³-hybridized carbons (Fsp3) is 0.619. The minimum absolute atomic E-state index is 0.0216. The lowest BCUT2D eigenvalue weighted by Gasteiger charge is -2.43. The lowest BCUT2D eigenvalue weighted by Crippen LogP contribution is -2.58. The average Bonchev–Trinajstić information content (AvgIpc) is 2.93. The van der Waals surface area contributed by atoms with E-state index < -0.39 is 11.8 Å². The smallest absolute Gasteiger partial charge is 0.245 e. The van der Waals surface area contributed by atoms with Gasteiger partial charge in [0.25, 0.3) is 0 Å². The van der Waals surface area contributed by atoms with Gasteiger partial charge in [-0.3, -0.25) is 14.5 Å². The molecule has 1 N–H and O–H groups in total. The molecule has 1 heterocycles. The first-order chi connectivity index (χ1) is 12.4. The molecule has 1 aliphatic carbocycles. The summed E-state index contributed by atoms with van der Waals surface area (Å²) >= 11 is 0. The van der Waals surface area contributed by atoms with E-state index in [0.717, 1.165) is 31.2 Å². The summed E-state index contributed by atoms with van der Waals surface area (Å²) in [7, 11) is 0. The standard InChI is InChI=1S/C21H30N2O3/c1-15(2)22-20(25)18-14-26-21(11-7-8-16(3)13-21)23(18)19(24)12-17-9-5-4-6-10-17/h4-6,9-10,15-16,18H,7-8,11-14H2,1-3H3,(H,22,25)/t16-,18-,21-/m0/s1. The highest BCUT2D eigenvalue weighted by molar-refractivity contribution is 5.89. The minimum atomic E-state index is -0.623. The number of nitrogens with zero attached hydrogens (tertiary/aromatic N) is 1. The summed E-state index contributed by atoms with van der Waals surface area (Å²) in [6.07, 6.45) is 4.08. The van der Waals surface area contributed by atoms with E-state index in [1.54, 1.807) is 4.90 Å². The number of carbonyl (C=O) groups is 2. The van der Waals surface area contributed by atoms with Crippen molar-refractivity contribution >= 4 is 11.8 Å². The number of nitrogens with one attached hydrogen (secondary N) is 1. The molecule has 0 bridgehead atoms. The van der Waals surface area contributed by atoms with Gasteiger partial charge < -0.3 is 10.1 Å². The Kier molecular flexibility index (Phi) is 5.66. The van der Waals surface area contributed by atoms with Crippen LogP contribution in [0.5, 0.6) is 0 Å². The van der Waals surface area contributed by atoms with Crippen molar-refractivity contribution in [2.24, 2.45) is 5.92 Å². The summed E-state index contributed by atoms with van der Waals surface area (Å²) in [6, 6.07) is 9.21. The van der Waals surface area contributed by atoms with Crippen molar-refractivity contribution in [1.82, 2.24) is 10.2 Å². The Morgan fingerprint density at radius 3 is 2.69 bits per heavy atom. The Hall–Kier alpha value is -1.88. The Balaban J connectivity index is 1.86. The summed E-state index contributed by atoms with van der Waals surface area (Å²) in [5.74, 6) is 0.353. The largest absolute Gasteiger partial charge is 0.353 e. The van der Waals surface area contributed by atoms with Gasteiger partial charge in [0.05, 0.1) is 13.0 Å². The molecule has 1 aromatic carbocycles. The molecule has 3 rings (SSSR count). The van der Waals surface area contributed by atoms with Crippen LogP contribution in [0.4, 0.5) is 0 Å². The van der Waals surface area contributed by atoms with Gasteiger partial charge in [-0.15, -0.1) is 0 Å². The Labute approximate surface area is 156 Å². The third-order valence-electron chi connectivity index (χ3n) is 5.39. The van der Waals surface area contributed by atoms with E-state index in [4.69, 9.17) is 4.74 Å². The molecule has 26 heavy (non-hydrogen) atoms. The molecule has 5 heteroatoms. The number of hydrogen-bond donors (Lipinski definition) is 1. The third-order valence-corrected chi connectivity index (χ3v) is 5.39. The second-order valence-electron chi connectivity index (χ2n) is 8.06. The van der Waals surface area contributed by atoms with E-state index >= 15 is 0 Å². The van der Waals surface area contributed by atoms with Gasteiger partial charge in [-0.25, -0.2) is 0 Å². The molecule has 0 unspecified atom stereocenters. The Morgan fingerprint density at radius 1 is 1.31 bits per heavy atom. The predicted molar refractivity (Wildman–Crippen MR) is 100 cm³/mol. The van der Waals surface area contributed by atoms with E-state index in [-0.39, 0.29) is 24.5 Å². The van der Waals surface area contributed by atoms with Crippen molar-refractivity contribution in [3.8, 4) is 0 Å². The van der Waals surface area contributed by atoms with Crippen molar-refractivity contribution in [2.75, 3.05) is 6.61 Å². The number of benzene rings is 1. The molecule has 5 nitrogen and oxygen atoms in total.